The smallest absolute Gasteiger partial charge is 0.162 e. The lowest BCUT2D eigenvalue weighted by molar-refractivity contribution is -0.116. The maximum absolute atomic E-state index is 12.8. The Morgan fingerprint density at radius 1 is 1.07 bits per heavy atom. The Kier molecular flexibility index (Phi) is 10.2. The second kappa shape index (κ2) is 12.4. The van der Waals surface area contributed by atoms with Crippen LogP contribution in [0.3, 0.4) is 0 Å². The van der Waals surface area contributed by atoms with Gasteiger partial charge in [-0.1, -0.05) is 44.1 Å². The largest absolute Gasteiger partial charge is 0.412 e. The van der Waals surface area contributed by atoms with E-state index < -0.39 is 0 Å². The first-order chi connectivity index (χ1) is 14.0. The first-order valence-electron chi connectivity index (χ1n) is 11.8. The van der Waals surface area contributed by atoms with Crippen molar-refractivity contribution in [3.63, 3.8) is 0 Å². The highest BCUT2D eigenvalue weighted by Crippen LogP contribution is 2.32. The van der Waals surface area contributed by atoms with Crippen molar-refractivity contribution in [3.8, 4) is 0 Å². The Bertz CT molecular complexity index is 660. The average Bonchev–Trinajstić information content (AvgIpc) is 2.74. The van der Waals surface area contributed by atoms with Gasteiger partial charge in [-0.2, -0.15) is 0 Å². The van der Waals surface area contributed by atoms with Crippen LogP contribution in [0.25, 0.3) is 0 Å². The molecule has 0 bridgehead atoms. The Labute approximate surface area is 182 Å². The lowest BCUT2D eigenvalue weighted by atomic mass is 9.79. The topological polar surface area (TPSA) is 81.2 Å². The van der Waals surface area contributed by atoms with E-state index in [1.54, 1.807) is 0 Å². The molecule has 1 unspecified atom stereocenters. The molecule has 4 heteroatoms. The number of carbonyl (C=O) groups excluding carboxylic acids is 1. The molecule has 2 saturated carbocycles. The van der Waals surface area contributed by atoms with Crippen LogP contribution in [0.5, 0.6) is 0 Å². The van der Waals surface area contributed by atoms with Crippen molar-refractivity contribution in [2.45, 2.75) is 90.6 Å². The van der Waals surface area contributed by atoms with E-state index in [0.29, 0.717) is 24.0 Å². The van der Waals surface area contributed by atoms with Gasteiger partial charge in [0.15, 0.2) is 5.78 Å². The molecule has 0 heterocycles. The van der Waals surface area contributed by atoms with Gasteiger partial charge in [-0.05, 0) is 76.0 Å². The molecule has 0 amide bonds. The molecular formula is C26H41NO3. The molecule has 4 nitrogen and oxygen atoms in total. The molecule has 0 aromatic heterocycles. The van der Waals surface area contributed by atoms with Crippen molar-refractivity contribution in [1.29, 1.82) is 0 Å². The highest BCUT2D eigenvalue weighted by atomic mass is 16.3. The molecule has 0 aliphatic heterocycles. The van der Waals surface area contributed by atoms with Crippen LogP contribution >= 0.6 is 0 Å². The summed E-state index contributed by atoms with van der Waals surface area (Å²) in [6.45, 7) is 4.38. The molecule has 30 heavy (non-hydrogen) atoms. The zero-order valence-electron chi connectivity index (χ0n) is 18.9. The molecule has 1 atom stereocenters. The second-order valence-corrected chi connectivity index (χ2v) is 9.61. The van der Waals surface area contributed by atoms with Crippen LogP contribution in [0.15, 0.2) is 40.6 Å². The Morgan fingerprint density at radius 3 is 2.37 bits per heavy atom. The third-order valence-corrected chi connectivity index (χ3v) is 7.11. The summed E-state index contributed by atoms with van der Waals surface area (Å²) in [5, 5.41) is 9.69. The highest BCUT2D eigenvalue weighted by molar-refractivity contribution is 5.98. The van der Waals surface area contributed by atoms with Crippen LogP contribution in [0, 0.1) is 23.7 Å². The SMILES string of the molecule is C/C=C(\CC1CCC(O)CC1)N=CC1C=C(C(=O)CC2CCC(C)CC2)C=CC1.O. The molecule has 0 aromatic carbocycles. The van der Waals surface area contributed by atoms with Gasteiger partial charge in [-0.15, -0.1) is 0 Å². The fourth-order valence-electron chi connectivity index (χ4n) is 4.99. The molecule has 3 N–H and O–H groups in total. The lowest BCUT2D eigenvalue weighted by Crippen LogP contribution is -2.18. The van der Waals surface area contributed by atoms with Crippen LogP contribution in [-0.4, -0.2) is 28.7 Å². The number of aliphatic imine (C=N–C) groups is 1. The minimum absolute atomic E-state index is 0. The third kappa shape index (κ3) is 7.63. The molecule has 0 saturated heterocycles. The second-order valence-electron chi connectivity index (χ2n) is 9.61. The number of rotatable bonds is 7. The van der Waals surface area contributed by atoms with Crippen molar-refractivity contribution in [2.75, 3.05) is 0 Å². The fourth-order valence-corrected chi connectivity index (χ4v) is 4.99. The van der Waals surface area contributed by atoms with Gasteiger partial charge < -0.3 is 10.6 Å². The number of aliphatic hydroxyl groups is 1. The van der Waals surface area contributed by atoms with Crippen molar-refractivity contribution >= 4 is 12.0 Å². The van der Waals surface area contributed by atoms with Gasteiger partial charge in [-0.25, -0.2) is 0 Å². The Balaban J connectivity index is 0.00000320. The van der Waals surface area contributed by atoms with E-state index in [1.807, 2.05) is 12.3 Å². The zero-order chi connectivity index (χ0) is 20.6. The molecule has 3 rings (SSSR count). The van der Waals surface area contributed by atoms with E-state index in [9.17, 15) is 9.90 Å². The van der Waals surface area contributed by atoms with Crippen LogP contribution in [-0.2, 0) is 4.79 Å². The summed E-state index contributed by atoms with van der Waals surface area (Å²) < 4.78 is 0. The lowest BCUT2D eigenvalue weighted by Gasteiger charge is -2.26. The van der Waals surface area contributed by atoms with Crippen molar-refractivity contribution in [3.05, 3.63) is 35.6 Å². The van der Waals surface area contributed by atoms with E-state index in [4.69, 9.17) is 4.99 Å². The summed E-state index contributed by atoms with van der Waals surface area (Å²) in [5.74, 6) is 2.57. The van der Waals surface area contributed by atoms with Crippen molar-refractivity contribution < 1.29 is 15.4 Å². The van der Waals surface area contributed by atoms with E-state index >= 15 is 0 Å². The number of carbonyl (C=O) groups is 1. The van der Waals surface area contributed by atoms with Crippen LogP contribution in [0.2, 0.25) is 0 Å². The van der Waals surface area contributed by atoms with Crippen molar-refractivity contribution in [1.82, 2.24) is 0 Å². The van der Waals surface area contributed by atoms with E-state index in [1.165, 1.54) is 25.7 Å². The molecule has 3 aliphatic rings. The molecule has 0 spiro atoms. The standard InChI is InChI=1S/C26H39NO2.H2O/c1-3-24(16-20-11-13-25(28)14-12-20)27-18-22-5-4-6-23(15-22)26(29)17-21-9-7-19(2)8-10-21;/h3-4,6,15,18-22,25,28H,5,7-14,16-17H2,1-2H3;1H2/b24-3+,27-18?;. The number of hydrogen-bond acceptors (Lipinski definition) is 3. The predicted octanol–water partition coefficient (Wildman–Crippen LogP) is 5.37. The predicted molar refractivity (Wildman–Crippen MR) is 125 cm³/mol. The Hall–Kier alpha value is -1.52. The van der Waals surface area contributed by atoms with E-state index in [2.05, 4.69) is 32.1 Å². The molecule has 0 aromatic rings. The summed E-state index contributed by atoms with van der Waals surface area (Å²) >= 11 is 0. The highest BCUT2D eigenvalue weighted by Gasteiger charge is 2.23. The molecule has 0 radical (unpaired) electrons. The van der Waals surface area contributed by atoms with Crippen LogP contribution in [0.4, 0.5) is 0 Å². The average molecular weight is 416 g/mol. The summed E-state index contributed by atoms with van der Waals surface area (Å²) in [7, 11) is 0. The van der Waals surface area contributed by atoms with Gasteiger partial charge in [-0.3, -0.25) is 9.79 Å². The Morgan fingerprint density at radius 2 is 1.70 bits per heavy atom. The van der Waals surface area contributed by atoms with Gasteiger partial charge in [0.05, 0.1) is 6.10 Å². The summed E-state index contributed by atoms with van der Waals surface area (Å²) in [5.41, 5.74) is 2.02. The fraction of sp³-hybridized carbons (Fsp3) is 0.692. The maximum atomic E-state index is 12.8. The van der Waals surface area contributed by atoms with Gasteiger partial charge >= 0.3 is 0 Å². The molecule has 3 aliphatic carbocycles. The first-order valence-corrected chi connectivity index (χ1v) is 11.8. The normalized spacial score (nSPS) is 32.6. The van der Waals surface area contributed by atoms with E-state index in [-0.39, 0.29) is 17.5 Å². The number of Topliss-reactive ketones (excluding diaryl/α,β-unsaturated/α-hetero) is 1. The van der Waals surface area contributed by atoms with Crippen LogP contribution in [0.1, 0.15) is 84.5 Å². The zero-order valence-corrected chi connectivity index (χ0v) is 18.9. The van der Waals surface area contributed by atoms with Gasteiger partial charge in [0.25, 0.3) is 0 Å². The first kappa shape index (κ1) is 24.7. The van der Waals surface area contributed by atoms with E-state index in [0.717, 1.165) is 55.7 Å². The molecule has 168 valence electrons. The summed E-state index contributed by atoms with van der Waals surface area (Å²) in [6, 6.07) is 0. The number of aliphatic hydroxyl groups excluding tert-OH is 1. The monoisotopic (exact) mass is 415 g/mol. The number of allylic oxidation sites excluding steroid dienone is 6. The maximum Gasteiger partial charge on any atom is 0.162 e. The van der Waals surface area contributed by atoms with Gasteiger partial charge in [0, 0.05) is 29.8 Å². The minimum atomic E-state index is -0.101. The molecular weight excluding hydrogens is 374 g/mol. The third-order valence-electron chi connectivity index (χ3n) is 7.11. The van der Waals surface area contributed by atoms with Gasteiger partial charge in [0.1, 0.15) is 0 Å². The van der Waals surface area contributed by atoms with Crippen molar-refractivity contribution in [2.24, 2.45) is 28.7 Å². The minimum Gasteiger partial charge on any atom is -0.412 e. The van der Waals surface area contributed by atoms with Gasteiger partial charge in [0.2, 0.25) is 0 Å². The van der Waals surface area contributed by atoms with Crippen LogP contribution < -0.4 is 0 Å². The number of hydrogen-bond donors (Lipinski definition) is 1. The number of ketones is 1. The summed E-state index contributed by atoms with van der Waals surface area (Å²) in [6.07, 6.45) is 21.9. The summed E-state index contributed by atoms with van der Waals surface area (Å²) in [4.78, 5) is 17.6. The quantitative estimate of drug-likeness (QED) is 0.567. The number of nitrogens with zero attached hydrogens (tertiary/aromatic N) is 1. The molecule has 2 fully saturated rings.